The van der Waals surface area contributed by atoms with E-state index in [-0.39, 0.29) is 17.3 Å². The fourth-order valence-corrected chi connectivity index (χ4v) is 5.45. The Morgan fingerprint density at radius 2 is 1.83 bits per heavy atom. The summed E-state index contributed by atoms with van der Waals surface area (Å²) < 4.78 is 26.4. The van der Waals surface area contributed by atoms with Gasteiger partial charge in [-0.3, -0.25) is 4.79 Å². The Balaban J connectivity index is 1.65. The number of likely N-dealkylation sites (N-methyl/N-ethyl adjacent to an activating group) is 1. The van der Waals surface area contributed by atoms with Gasteiger partial charge >= 0.3 is 0 Å². The first kappa shape index (κ1) is 21.6. The zero-order chi connectivity index (χ0) is 20.9. The highest BCUT2D eigenvalue weighted by molar-refractivity contribution is 7.98. The number of benzene rings is 2. The average Bonchev–Trinajstić information content (AvgIpc) is 3.21. The van der Waals surface area contributed by atoms with Gasteiger partial charge in [-0.15, -0.1) is 11.8 Å². The van der Waals surface area contributed by atoms with Crippen molar-refractivity contribution in [3.8, 4) is 0 Å². The van der Waals surface area contributed by atoms with Gasteiger partial charge < -0.3 is 5.32 Å². The van der Waals surface area contributed by atoms with E-state index in [0.29, 0.717) is 5.69 Å². The van der Waals surface area contributed by atoms with Gasteiger partial charge in [-0.2, -0.15) is 15.6 Å². The standard InChI is InChI=1S/C21H22N2O3S3/c1-16-7-9-18(10-8-16)29(25,26)23(2)13-21(24)22-19-5-3-4-6-20(19)28-15-17-11-12-27-14-17/h3-12,14H,13,15H2,1-2H3,(H,22,24). The molecule has 0 radical (unpaired) electrons. The van der Waals surface area contributed by atoms with Gasteiger partial charge in [0, 0.05) is 17.7 Å². The van der Waals surface area contributed by atoms with E-state index in [4.69, 9.17) is 0 Å². The topological polar surface area (TPSA) is 66.5 Å². The van der Waals surface area contributed by atoms with Crippen molar-refractivity contribution in [2.45, 2.75) is 22.5 Å². The number of carbonyl (C=O) groups excluding carboxylic acids is 1. The number of anilines is 1. The van der Waals surface area contributed by atoms with Crippen LogP contribution in [0.25, 0.3) is 0 Å². The Morgan fingerprint density at radius 3 is 2.52 bits per heavy atom. The summed E-state index contributed by atoms with van der Waals surface area (Å²) in [6.07, 6.45) is 0. The number of amides is 1. The zero-order valence-corrected chi connectivity index (χ0v) is 18.6. The monoisotopic (exact) mass is 446 g/mol. The molecule has 0 bridgehead atoms. The SMILES string of the molecule is Cc1ccc(S(=O)(=O)N(C)CC(=O)Nc2ccccc2SCc2ccsc2)cc1. The van der Waals surface area contributed by atoms with Crippen molar-refractivity contribution >= 4 is 44.7 Å². The summed E-state index contributed by atoms with van der Waals surface area (Å²) >= 11 is 3.28. The molecule has 8 heteroatoms. The third-order valence-corrected chi connectivity index (χ3v) is 7.93. The summed E-state index contributed by atoms with van der Waals surface area (Å²) in [5.74, 6) is 0.421. The minimum atomic E-state index is -3.72. The molecule has 0 saturated heterocycles. The van der Waals surface area contributed by atoms with Gasteiger partial charge in [0.1, 0.15) is 0 Å². The fourth-order valence-electron chi connectivity index (χ4n) is 2.60. The van der Waals surface area contributed by atoms with Crippen LogP contribution >= 0.6 is 23.1 Å². The van der Waals surface area contributed by atoms with E-state index in [1.165, 1.54) is 12.6 Å². The Hall–Kier alpha value is -2.13. The number of sulfonamides is 1. The molecule has 0 fully saturated rings. The number of rotatable bonds is 8. The smallest absolute Gasteiger partial charge is 0.243 e. The van der Waals surface area contributed by atoms with Crippen LogP contribution in [-0.2, 0) is 20.6 Å². The maximum Gasteiger partial charge on any atom is 0.243 e. The lowest BCUT2D eigenvalue weighted by atomic mass is 10.2. The number of thiophene rings is 1. The maximum absolute atomic E-state index is 12.7. The van der Waals surface area contributed by atoms with Crippen LogP contribution < -0.4 is 5.32 Å². The molecule has 1 N–H and O–H groups in total. The number of nitrogens with zero attached hydrogens (tertiary/aromatic N) is 1. The molecule has 1 aromatic heterocycles. The van der Waals surface area contributed by atoms with Crippen LogP contribution in [0.4, 0.5) is 5.69 Å². The minimum Gasteiger partial charge on any atom is -0.324 e. The lowest BCUT2D eigenvalue weighted by Gasteiger charge is -2.18. The Bertz CT molecular complexity index is 1060. The van der Waals surface area contributed by atoms with E-state index >= 15 is 0 Å². The molecule has 2 aromatic carbocycles. The normalized spacial score (nSPS) is 11.6. The first-order valence-electron chi connectivity index (χ1n) is 8.92. The lowest BCUT2D eigenvalue weighted by Crippen LogP contribution is -2.35. The van der Waals surface area contributed by atoms with Crippen molar-refractivity contribution in [1.29, 1.82) is 0 Å². The summed E-state index contributed by atoms with van der Waals surface area (Å²) in [4.78, 5) is 13.6. The molecule has 0 aliphatic carbocycles. The predicted octanol–water partition coefficient (Wildman–Crippen LogP) is 4.61. The average molecular weight is 447 g/mol. The van der Waals surface area contributed by atoms with Crippen LogP contribution in [-0.4, -0.2) is 32.2 Å². The summed E-state index contributed by atoms with van der Waals surface area (Å²) in [6.45, 7) is 1.63. The first-order chi connectivity index (χ1) is 13.9. The van der Waals surface area contributed by atoms with E-state index in [0.717, 1.165) is 20.5 Å². The second-order valence-electron chi connectivity index (χ2n) is 6.54. The van der Waals surface area contributed by atoms with Gasteiger partial charge in [0.05, 0.1) is 17.1 Å². The second-order valence-corrected chi connectivity index (χ2v) is 10.4. The lowest BCUT2D eigenvalue weighted by molar-refractivity contribution is -0.116. The summed E-state index contributed by atoms with van der Waals surface area (Å²) in [6, 6.07) is 16.2. The summed E-state index contributed by atoms with van der Waals surface area (Å²) in [5.41, 5.74) is 2.88. The van der Waals surface area contributed by atoms with Crippen LogP contribution in [0.15, 0.2) is 75.1 Å². The van der Waals surface area contributed by atoms with Crippen LogP contribution in [0.1, 0.15) is 11.1 Å². The van der Waals surface area contributed by atoms with Crippen LogP contribution in [0.2, 0.25) is 0 Å². The van der Waals surface area contributed by atoms with Gasteiger partial charge in [-0.25, -0.2) is 8.42 Å². The van der Waals surface area contributed by atoms with Gasteiger partial charge in [-0.05, 0) is 53.6 Å². The third kappa shape index (κ3) is 5.70. The Kier molecular flexibility index (Phi) is 7.13. The van der Waals surface area contributed by atoms with Gasteiger partial charge in [0.15, 0.2) is 0 Å². The molecule has 1 amide bonds. The van der Waals surface area contributed by atoms with Gasteiger partial charge in [0.25, 0.3) is 0 Å². The van der Waals surface area contributed by atoms with Crippen molar-refractivity contribution < 1.29 is 13.2 Å². The van der Waals surface area contributed by atoms with Crippen LogP contribution in [0.3, 0.4) is 0 Å². The molecule has 0 saturated carbocycles. The third-order valence-electron chi connectivity index (χ3n) is 4.23. The van der Waals surface area contributed by atoms with E-state index in [9.17, 15) is 13.2 Å². The molecule has 1 heterocycles. The maximum atomic E-state index is 12.7. The zero-order valence-electron chi connectivity index (χ0n) is 16.2. The number of nitrogens with one attached hydrogen (secondary N) is 1. The highest BCUT2D eigenvalue weighted by atomic mass is 32.2. The number of carbonyl (C=O) groups is 1. The van der Waals surface area contributed by atoms with Crippen molar-refractivity contribution in [3.05, 3.63) is 76.5 Å². The second kappa shape index (κ2) is 9.58. The number of hydrogen-bond donors (Lipinski definition) is 1. The molecule has 0 spiro atoms. The number of thioether (sulfide) groups is 1. The van der Waals surface area contributed by atoms with Crippen molar-refractivity contribution in [3.63, 3.8) is 0 Å². The largest absolute Gasteiger partial charge is 0.324 e. The number of aryl methyl sites for hydroxylation is 1. The molecule has 0 unspecified atom stereocenters. The fraction of sp³-hybridized carbons (Fsp3) is 0.190. The van der Waals surface area contributed by atoms with Gasteiger partial charge in [-0.1, -0.05) is 29.8 Å². The summed E-state index contributed by atoms with van der Waals surface area (Å²) in [5, 5.41) is 6.97. The quantitative estimate of drug-likeness (QED) is 0.513. The highest BCUT2D eigenvalue weighted by Crippen LogP contribution is 2.30. The number of hydrogen-bond acceptors (Lipinski definition) is 5. The van der Waals surface area contributed by atoms with E-state index in [1.54, 1.807) is 47.4 Å². The van der Waals surface area contributed by atoms with E-state index < -0.39 is 10.0 Å². The molecule has 0 aliphatic rings. The molecule has 0 aliphatic heterocycles. The Labute approximate surface area is 179 Å². The highest BCUT2D eigenvalue weighted by Gasteiger charge is 2.23. The van der Waals surface area contributed by atoms with Crippen LogP contribution in [0.5, 0.6) is 0 Å². The molecule has 29 heavy (non-hydrogen) atoms. The van der Waals surface area contributed by atoms with Crippen LogP contribution in [0, 0.1) is 6.92 Å². The predicted molar refractivity (Wildman–Crippen MR) is 120 cm³/mol. The molecule has 3 aromatic rings. The van der Waals surface area contributed by atoms with E-state index in [1.807, 2.05) is 36.6 Å². The molecule has 5 nitrogen and oxygen atoms in total. The molecular formula is C21H22N2O3S3. The van der Waals surface area contributed by atoms with E-state index in [2.05, 4.69) is 16.8 Å². The Morgan fingerprint density at radius 1 is 1.10 bits per heavy atom. The number of para-hydroxylation sites is 1. The first-order valence-corrected chi connectivity index (χ1v) is 12.3. The molecule has 0 atom stereocenters. The molecule has 152 valence electrons. The minimum absolute atomic E-state index is 0.171. The van der Waals surface area contributed by atoms with Crippen molar-refractivity contribution in [2.24, 2.45) is 0 Å². The van der Waals surface area contributed by atoms with Gasteiger partial charge in [0.2, 0.25) is 15.9 Å². The van der Waals surface area contributed by atoms with Crippen molar-refractivity contribution in [2.75, 3.05) is 18.9 Å². The van der Waals surface area contributed by atoms with Crippen molar-refractivity contribution in [1.82, 2.24) is 4.31 Å². The summed E-state index contributed by atoms with van der Waals surface area (Å²) in [7, 11) is -2.32. The molecular weight excluding hydrogens is 424 g/mol. The molecule has 3 rings (SSSR count).